The number of methoxy groups -OCH3 is 1. The number of nitrogens with zero attached hydrogens (tertiary/aromatic N) is 1. The summed E-state index contributed by atoms with van der Waals surface area (Å²) < 4.78 is 10.6. The van der Waals surface area contributed by atoms with Crippen molar-refractivity contribution in [3.05, 3.63) is 108 Å². The molecule has 3 N–H and O–H groups in total. The average molecular weight is 553 g/mol. The first-order valence-corrected chi connectivity index (χ1v) is 13.0. The third-order valence-electron chi connectivity index (χ3n) is 5.86. The van der Waals surface area contributed by atoms with Gasteiger partial charge >= 0.3 is 6.09 Å². The maximum absolute atomic E-state index is 13.0. The molecule has 3 aromatic carbocycles. The molecule has 1 heterocycles. The number of rotatable bonds is 8. The molecule has 41 heavy (non-hydrogen) atoms. The van der Waals surface area contributed by atoms with Crippen molar-refractivity contribution in [2.75, 3.05) is 17.7 Å². The van der Waals surface area contributed by atoms with Gasteiger partial charge in [-0.3, -0.25) is 14.9 Å². The Hall–Kier alpha value is -5.18. The van der Waals surface area contributed by atoms with E-state index in [0.29, 0.717) is 28.4 Å². The fraction of sp³-hybridized carbons (Fsp3) is 0.188. The number of hydrogen-bond donors (Lipinski definition) is 3. The Morgan fingerprint density at radius 1 is 0.805 bits per heavy atom. The molecule has 0 aliphatic carbocycles. The molecular formula is C32H32N4O5. The number of carbonyl (C=O) groups is 3. The number of hydrogen-bond acceptors (Lipinski definition) is 6. The molecule has 4 rings (SSSR count). The third kappa shape index (κ3) is 8.15. The number of amides is 3. The Labute approximate surface area is 238 Å². The van der Waals surface area contributed by atoms with Gasteiger partial charge in [0, 0.05) is 24.0 Å². The van der Waals surface area contributed by atoms with Gasteiger partial charge in [-0.2, -0.15) is 0 Å². The molecule has 0 bridgehead atoms. The summed E-state index contributed by atoms with van der Waals surface area (Å²) in [6.07, 6.45) is 0.934. The molecular weight excluding hydrogens is 520 g/mol. The molecule has 9 heteroatoms. The topological polar surface area (TPSA) is 119 Å². The predicted molar refractivity (Wildman–Crippen MR) is 158 cm³/mol. The zero-order valence-corrected chi connectivity index (χ0v) is 23.4. The summed E-state index contributed by atoms with van der Waals surface area (Å²) >= 11 is 0. The lowest BCUT2D eigenvalue weighted by molar-refractivity contribution is 0.0635. The van der Waals surface area contributed by atoms with Gasteiger partial charge in [0.15, 0.2) is 0 Å². The van der Waals surface area contributed by atoms with Crippen LogP contribution >= 0.6 is 0 Å². The molecule has 9 nitrogen and oxygen atoms in total. The van der Waals surface area contributed by atoms with Gasteiger partial charge in [-0.25, -0.2) is 9.78 Å². The second kappa shape index (κ2) is 12.8. The summed E-state index contributed by atoms with van der Waals surface area (Å²) in [5, 5.41) is 8.25. The van der Waals surface area contributed by atoms with Crippen LogP contribution in [0.4, 0.5) is 16.3 Å². The number of nitrogens with one attached hydrogen (secondary N) is 3. The number of benzene rings is 3. The van der Waals surface area contributed by atoms with E-state index in [1.54, 1.807) is 45.0 Å². The van der Waals surface area contributed by atoms with Crippen LogP contribution in [-0.2, 0) is 11.3 Å². The van der Waals surface area contributed by atoms with Crippen molar-refractivity contribution in [2.45, 2.75) is 32.9 Å². The molecule has 3 amide bonds. The van der Waals surface area contributed by atoms with Crippen molar-refractivity contribution in [3.8, 4) is 16.9 Å². The Kier molecular flexibility index (Phi) is 8.98. The number of pyridine rings is 1. The fourth-order valence-corrected chi connectivity index (χ4v) is 3.90. The Bertz CT molecular complexity index is 1510. The summed E-state index contributed by atoms with van der Waals surface area (Å²) in [4.78, 5) is 42.1. The minimum Gasteiger partial charge on any atom is -0.496 e. The van der Waals surface area contributed by atoms with Gasteiger partial charge in [0.2, 0.25) is 0 Å². The van der Waals surface area contributed by atoms with E-state index in [0.717, 1.165) is 11.1 Å². The monoisotopic (exact) mass is 552 g/mol. The maximum atomic E-state index is 13.0. The highest BCUT2D eigenvalue weighted by atomic mass is 16.6. The fourth-order valence-electron chi connectivity index (χ4n) is 3.90. The maximum Gasteiger partial charge on any atom is 0.413 e. The van der Waals surface area contributed by atoms with Crippen LogP contribution in [0.15, 0.2) is 91.1 Å². The van der Waals surface area contributed by atoms with Crippen molar-refractivity contribution in [1.29, 1.82) is 0 Å². The number of anilines is 2. The lowest BCUT2D eigenvalue weighted by Crippen LogP contribution is -2.27. The molecule has 4 aromatic rings. The lowest BCUT2D eigenvalue weighted by atomic mass is 10.1. The molecule has 0 atom stereocenters. The van der Waals surface area contributed by atoms with Gasteiger partial charge < -0.3 is 20.1 Å². The largest absolute Gasteiger partial charge is 0.496 e. The van der Waals surface area contributed by atoms with Crippen molar-refractivity contribution < 1.29 is 23.9 Å². The SMILES string of the molecule is COc1ccc(C(=O)Nc2ccc(-c3ccccc3)cc2)cc1C(=O)NCc1ccc(NC(=O)OC(C)(C)C)nc1. The molecule has 0 saturated carbocycles. The summed E-state index contributed by atoms with van der Waals surface area (Å²) in [6.45, 7) is 5.49. The zero-order valence-electron chi connectivity index (χ0n) is 23.4. The van der Waals surface area contributed by atoms with Crippen LogP contribution < -0.4 is 20.7 Å². The molecule has 210 valence electrons. The van der Waals surface area contributed by atoms with E-state index < -0.39 is 17.6 Å². The molecule has 0 aliphatic rings. The predicted octanol–water partition coefficient (Wildman–Crippen LogP) is 6.29. The molecule has 0 radical (unpaired) electrons. The quantitative estimate of drug-likeness (QED) is 0.237. The number of ether oxygens (including phenoxy) is 2. The number of carbonyl (C=O) groups excluding carboxylic acids is 3. The first-order chi connectivity index (χ1) is 19.6. The van der Waals surface area contributed by atoms with E-state index in [4.69, 9.17) is 9.47 Å². The van der Waals surface area contributed by atoms with Crippen molar-refractivity contribution >= 4 is 29.4 Å². The van der Waals surface area contributed by atoms with Gasteiger partial charge in [-0.15, -0.1) is 0 Å². The van der Waals surface area contributed by atoms with E-state index in [1.807, 2.05) is 54.6 Å². The summed E-state index contributed by atoms with van der Waals surface area (Å²) in [7, 11) is 1.46. The first-order valence-electron chi connectivity index (χ1n) is 13.0. The van der Waals surface area contributed by atoms with Crippen LogP contribution in [0, 0.1) is 0 Å². The molecule has 0 saturated heterocycles. The highest BCUT2D eigenvalue weighted by Crippen LogP contribution is 2.23. The van der Waals surface area contributed by atoms with E-state index in [2.05, 4.69) is 20.9 Å². The molecule has 0 spiro atoms. The van der Waals surface area contributed by atoms with Gasteiger partial charge in [-0.1, -0.05) is 48.5 Å². The van der Waals surface area contributed by atoms with Crippen molar-refractivity contribution in [3.63, 3.8) is 0 Å². The Morgan fingerprint density at radius 3 is 2.15 bits per heavy atom. The van der Waals surface area contributed by atoms with Crippen LogP contribution in [0.25, 0.3) is 11.1 Å². The first kappa shape index (κ1) is 28.8. The summed E-state index contributed by atoms with van der Waals surface area (Å²) in [6, 6.07) is 25.5. The highest BCUT2D eigenvalue weighted by Gasteiger charge is 2.18. The third-order valence-corrected chi connectivity index (χ3v) is 5.86. The second-order valence-corrected chi connectivity index (χ2v) is 10.2. The Morgan fingerprint density at radius 2 is 1.51 bits per heavy atom. The summed E-state index contributed by atoms with van der Waals surface area (Å²) in [5.41, 5.74) is 3.37. The summed E-state index contributed by atoms with van der Waals surface area (Å²) in [5.74, 6) is -0.114. The van der Waals surface area contributed by atoms with Gasteiger partial charge in [-0.05, 0) is 73.9 Å². The van der Waals surface area contributed by atoms with E-state index >= 15 is 0 Å². The van der Waals surface area contributed by atoms with Crippen molar-refractivity contribution in [2.24, 2.45) is 0 Å². The molecule has 0 aliphatic heterocycles. The normalized spacial score (nSPS) is 10.8. The minimum atomic E-state index is -0.624. The lowest BCUT2D eigenvalue weighted by Gasteiger charge is -2.19. The van der Waals surface area contributed by atoms with Crippen molar-refractivity contribution in [1.82, 2.24) is 10.3 Å². The number of aromatic nitrogens is 1. The van der Waals surface area contributed by atoms with Gasteiger partial charge in [0.05, 0.1) is 12.7 Å². The van der Waals surface area contributed by atoms with Crippen LogP contribution in [0.1, 0.15) is 47.1 Å². The Balaban J connectivity index is 1.38. The van der Waals surface area contributed by atoms with Crippen LogP contribution in [-0.4, -0.2) is 35.6 Å². The smallest absolute Gasteiger partial charge is 0.413 e. The van der Waals surface area contributed by atoms with Gasteiger partial charge in [0.25, 0.3) is 11.8 Å². The zero-order chi connectivity index (χ0) is 29.4. The second-order valence-electron chi connectivity index (χ2n) is 10.2. The molecule has 0 unspecified atom stereocenters. The van der Waals surface area contributed by atoms with Crippen LogP contribution in [0.2, 0.25) is 0 Å². The van der Waals surface area contributed by atoms with E-state index in [-0.39, 0.29) is 18.0 Å². The van der Waals surface area contributed by atoms with Crippen LogP contribution in [0.5, 0.6) is 5.75 Å². The average Bonchev–Trinajstić information content (AvgIpc) is 2.96. The van der Waals surface area contributed by atoms with E-state index in [9.17, 15) is 14.4 Å². The molecule has 1 aromatic heterocycles. The standard InChI is InChI=1S/C32H32N4O5/c1-32(2,3)41-31(39)36-28-17-10-21(19-33-28)20-34-30(38)26-18-24(13-16-27(26)40-4)29(37)35-25-14-11-23(12-15-25)22-8-6-5-7-9-22/h5-19H,20H2,1-4H3,(H,34,38)(H,35,37)(H,33,36,39). The minimum absolute atomic E-state index is 0.173. The van der Waals surface area contributed by atoms with E-state index in [1.165, 1.54) is 19.4 Å². The molecule has 0 fully saturated rings. The van der Waals surface area contributed by atoms with Crippen LogP contribution in [0.3, 0.4) is 0 Å². The van der Waals surface area contributed by atoms with Gasteiger partial charge in [0.1, 0.15) is 17.2 Å². The highest BCUT2D eigenvalue weighted by molar-refractivity contribution is 6.07.